The second-order valence-electron chi connectivity index (χ2n) is 6.65. The number of halogens is 2. The molecule has 1 aliphatic heterocycles. The molecular weight excluding hydrogens is 320 g/mol. The van der Waals surface area contributed by atoms with Gasteiger partial charge in [-0.15, -0.1) is 0 Å². The van der Waals surface area contributed by atoms with E-state index in [1.165, 1.54) is 15.8 Å². The van der Waals surface area contributed by atoms with Gasteiger partial charge in [-0.2, -0.15) is 5.10 Å². The van der Waals surface area contributed by atoms with Gasteiger partial charge in [0.05, 0.1) is 11.8 Å². The van der Waals surface area contributed by atoms with Crippen LogP contribution in [0.25, 0.3) is 0 Å². The van der Waals surface area contributed by atoms with Gasteiger partial charge >= 0.3 is 5.97 Å². The van der Waals surface area contributed by atoms with E-state index < -0.39 is 18.3 Å². The van der Waals surface area contributed by atoms with Crippen LogP contribution in [0.3, 0.4) is 0 Å². The van der Waals surface area contributed by atoms with Crippen LogP contribution in [0.4, 0.5) is 8.78 Å². The molecule has 134 valence electrons. The number of rotatable bonds is 6. The number of piperidine rings is 1. The summed E-state index contributed by atoms with van der Waals surface area (Å²) in [5.41, 5.74) is -0.385. The van der Waals surface area contributed by atoms with Crippen molar-refractivity contribution in [2.24, 2.45) is 11.8 Å². The lowest BCUT2D eigenvalue weighted by atomic mass is 9.93. The van der Waals surface area contributed by atoms with Crippen LogP contribution in [0.2, 0.25) is 0 Å². The number of amides is 1. The molecule has 0 aromatic carbocycles. The molecule has 1 fully saturated rings. The number of carboxylic acids is 1. The summed E-state index contributed by atoms with van der Waals surface area (Å²) in [4.78, 5) is 24.8. The van der Waals surface area contributed by atoms with Crippen LogP contribution in [0, 0.1) is 11.8 Å². The third kappa shape index (κ3) is 4.30. The van der Waals surface area contributed by atoms with E-state index in [0.717, 1.165) is 0 Å². The number of aromatic nitrogens is 2. The van der Waals surface area contributed by atoms with Crippen LogP contribution in [-0.4, -0.2) is 44.8 Å². The molecule has 2 rings (SSSR count). The number of hydrogen-bond acceptors (Lipinski definition) is 3. The molecule has 0 unspecified atom stereocenters. The third-order valence-corrected chi connectivity index (χ3v) is 4.22. The molecule has 0 bridgehead atoms. The molecule has 1 aliphatic rings. The van der Waals surface area contributed by atoms with Gasteiger partial charge in [0, 0.05) is 26.1 Å². The SMILES string of the molecule is CC(C)Cn1ncc(C(=O)N2CCC(CC(=O)O)CC2)c1C(F)F. The maximum absolute atomic E-state index is 13.4. The normalized spacial score (nSPS) is 16.2. The van der Waals surface area contributed by atoms with Gasteiger partial charge < -0.3 is 10.0 Å². The fourth-order valence-corrected chi connectivity index (χ4v) is 3.04. The summed E-state index contributed by atoms with van der Waals surface area (Å²) in [6, 6.07) is 0. The highest BCUT2D eigenvalue weighted by Gasteiger charge is 2.30. The molecule has 24 heavy (non-hydrogen) atoms. The predicted octanol–water partition coefficient (Wildman–Crippen LogP) is 2.80. The minimum Gasteiger partial charge on any atom is -0.481 e. The van der Waals surface area contributed by atoms with Gasteiger partial charge in [0.25, 0.3) is 12.3 Å². The van der Waals surface area contributed by atoms with Crippen molar-refractivity contribution in [1.29, 1.82) is 0 Å². The van der Waals surface area contributed by atoms with Gasteiger partial charge in [0.15, 0.2) is 0 Å². The lowest BCUT2D eigenvalue weighted by Gasteiger charge is -2.31. The summed E-state index contributed by atoms with van der Waals surface area (Å²) in [6.07, 6.45) is -0.328. The smallest absolute Gasteiger partial charge is 0.303 e. The Balaban J connectivity index is 2.10. The van der Waals surface area contributed by atoms with Gasteiger partial charge in [-0.25, -0.2) is 8.78 Å². The average Bonchev–Trinajstić information content (AvgIpc) is 2.89. The van der Waals surface area contributed by atoms with E-state index in [9.17, 15) is 18.4 Å². The second-order valence-corrected chi connectivity index (χ2v) is 6.65. The summed E-state index contributed by atoms with van der Waals surface area (Å²) in [5, 5.41) is 12.8. The molecule has 0 aliphatic carbocycles. The first-order valence-corrected chi connectivity index (χ1v) is 8.14. The minimum absolute atomic E-state index is 0.0322. The van der Waals surface area contributed by atoms with E-state index in [0.29, 0.717) is 32.5 Å². The number of carboxylic acid groups (broad SMARTS) is 1. The molecule has 8 heteroatoms. The van der Waals surface area contributed by atoms with Crippen molar-refractivity contribution in [3.63, 3.8) is 0 Å². The van der Waals surface area contributed by atoms with Gasteiger partial charge in [-0.1, -0.05) is 13.8 Å². The topological polar surface area (TPSA) is 75.4 Å². The van der Waals surface area contributed by atoms with Crippen molar-refractivity contribution < 1.29 is 23.5 Å². The summed E-state index contributed by atoms with van der Waals surface area (Å²) in [7, 11) is 0. The van der Waals surface area contributed by atoms with E-state index in [-0.39, 0.29) is 29.5 Å². The molecule has 0 radical (unpaired) electrons. The van der Waals surface area contributed by atoms with Crippen molar-refractivity contribution >= 4 is 11.9 Å². The number of nitrogens with zero attached hydrogens (tertiary/aromatic N) is 3. The first-order valence-electron chi connectivity index (χ1n) is 8.14. The van der Waals surface area contributed by atoms with Crippen molar-refractivity contribution in [3.05, 3.63) is 17.5 Å². The minimum atomic E-state index is -2.77. The zero-order valence-electron chi connectivity index (χ0n) is 13.9. The Labute approximate surface area is 139 Å². The molecule has 1 saturated heterocycles. The van der Waals surface area contributed by atoms with Crippen molar-refractivity contribution in [1.82, 2.24) is 14.7 Å². The maximum Gasteiger partial charge on any atom is 0.303 e. The summed E-state index contributed by atoms with van der Waals surface area (Å²) >= 11 is 0. The summed E-state index contributed by atoms with van der Waals surface area (Å²) in [5.74, 6) is -1.13. The Morgan fingerprint density at radius 1 is 1.33 bits per heavy atom. The van der Waals surface area contributed by atoms with E-state index in [1.807, 2.05) is 13.8 Å². The average molecular weight is 343 g/mol. The lowest BCUT2D eigenvalue weighted by molar-refractivity contribution is -0.138. The standard InChI is InChI=1S/C16H23F2N3O3/c1-10(2)9-21-14(15(17)18)12(8-19-21)16(24)20-5-3-11(4-6-20)7-13(22)23/h8,10-11,15H,3-7,9H2,1-2H3,(H,22,23). The van der Waals surface area contributed by atoms with Crippen molar-refractivity contribution in [2.75, 3.05) is 13.1 Å². The monoisotopic (exact) mass is 343 g/mol. The summed E-state index contributed by atoms with van der Waals surface area (Å²) in [6.45, 7) is 4.88. The summed E-state index contributed by atoms with van der Waals surface area (Å²) < 4.78 is 28.0. The molecule has 1 N–H and O–H groups in total. The molecule has 1 amide bonds. The van der Waals surface area contributed by atoms with Gasteiger partial charge in [-0.05, 0) is 24.7 Å². The van der Waals surface area contributed by atoms with E-state index in [1.54, 1.807) is 0 Å². The zero-order valence-corrected chi connectivity index (χ0v) is 13.9. The molecule has 6 nitrogen and oxygen atoms in total. The van der Waals surface area contributed by atoms with Gasteiger partial charge in [0.1, 0.15) is 5.69 Å². The highest BCUT2D eigenvalue weighted by molar-refractivity contribution is 5.95. The molecule has 1 aromatic heterocycles. The van der Waals surface area contributed by atoms with Crippen LogP contribution in [0.1, 0.15) is 55.6 Å². The maximum atomic E-state index is 13.4. The quantitative estimate of drug-likeness (QED) is 0.862. The Morgan fingerprint density at radius 3 is 2.46 bits per heavy atom. The highest BCUT2D eigenvalue weighted by atomic mass is 19.3. The fraction of sp³-hybridized carbons (Fsp3) is 0.688. The molecular formula is C16H23F2N3O3. The first-order chi connectivity index (χ1) is 11.3. The van der Waals surface area contributed by atoms with Gasteiger partial charge in [-0.3, -0.25) is 14.3 Å². The zero-order chi connectivity index (χ0) is 17.9. The van der Waals surface area contributed by atoms with Crippen LogP contribution >= 0.6 is 0 Å². The van der Waals surface area contributed by atoms with Crippen LogP contribution < -0.4 is 0 Å². The first kappa shape index (κ1) is 18.4. The fourth-order valence-electron chi connectivity index (χ4n) is 3.04. The van der Waals surface area contributed by atoms with Crippen LogP contribution in [-0.2, 0) is 11.3 Å². The third-order valence-electron chi connectivity index (χ3n) is 4.22. The van der Waals surface area contributed by atoms with Crippen molar-refractivity contribution in [3.8, 4) is 0 Å². The van der Waals surface area contributed by atoms with Crippen molar-refractivity contribution in [2.45, 2.75) is 46.1 Å². The number of alkyl halides is 2. The Bertz CT molecular complexity index is 593. The van der Waals surface area contributed by atoms with Crippen LogP contribution in [0.15, 0.2) is 6.20 Å². The number of carbonyl (C=O) groups is 2. The second kappa shape index (κ2) is 7.72. The Morgan fingerprint density at radius 2 is 1.96 bits per heavy atom. The highest BCUT2D eigenvalue weighted by Crippen LogP contribution is 2.27. The van der Waals surface area contributed by atoms with E-state index in [2.05, 4.69) is 5.10 Å². The van der Waals surface area contributed by atoms with E-state index >= 15 is 0 Å². The largest absolute Gasteiger partial charge is 0.481 e. The Kier molecular flexibility index (Phi) is 5.90. The molecule has 2 heterocycles. The lowest BCUT2D eigenvalue weighted by Crippen LogP contribution is -2.39. The predicted molar refractivity (Wildman–Crippen MR) is 82.9 cm³/mol. The number of likely N-dealkylation sites (tertiary alicyclic amines) is 1. The number of aliphatic carboxylic acids is 1. The molecule has 1 aromatic rings. The Hall–Kier alpha value is -1.99. The molecule has 0 atom stereocenters. The molecule has 0 spiro atoms. The number of hydrogen-bond donors (Lipinski definition) is 1. The van der Waals surface area contributed by atoms with Crippen LogP contribution in [0.5, 0.6) is 0 Å². The van der Waals surface area contributed by atoms with Gasteiger partial charge in [0.2, 0.25) is 0 Å². The molecule has 0 saturated carbocycles. The number of carbonyl (C=O) groups excluding carboxylic acids is 1. The van der Waals surface area contributed by atoms with E-state index in [4.69, 9.17) is 5.11 Å².